The first-order valence-electron chi connectivity index (χ1n) is 5.87. The first kappa shape index (κ1) is 11.9. The lowest BCUT2D eigenvalue weighted by Gasteiger charge is -2.36. The van der Waals surface area contributed by atoms with Crippen molar-refractivity contribution in [1.29, 1.82) is 0 Å². The summed E-state index contributed by atoms with van der Waals surface area (Å²) in [7, 11) is 0. The molecule has 0 bridgehead atoms. The van der Waals surface area contributed by atoms with Crippen LogP contribution < -0.4 is 5.73 Å². The molecule has 0 spiro atoms. The van der Waals surface area contributed by atoms with Crippen LogP contribution in [-0.4, -0.2) is 45.3 Å². The smallest absolute Gasteiger partial charge is 0.276 e. The van der Waals surface area contributed by atoms with Crippen LogP contribution in [-0.2, 0) is 0 Å². The number of nitrogens with two attached hydrogens (primary N) is 1. The Balaban J connectivity index is 2.18. The van der Waals surface area contributed by atoms with Gasteiger partial charge in [-0.15, -0.1) is 0 Å². The zero-order chi connectivity index (χ0) is 12.4. The quantitative estimate of drug-likeness (QED) is 0.702. The Morgan fingerprint density at radius 3 is 2.76 bits per heavy atom. The van der Waals surface area contributed by atoms with E-state index in [0.29, 0.717) is 17.9 Å². The number of carbonyl (C=O) groups excluding carboxylic acids is 1. The number of nitrogens with zero attached hydrogens (tertiary/aromatic N) is 2. The van der Waals surface area contributed by atoms with Crippen molar-refractivity contribution >= 4 is 11.6 Å². The maximum Gasteiger partial charge on any atom is 0.276 e. The molecule has 1 aromatic rings. The highest BCUT2D eigenvalue weighted by Crippen LogP contribution is 2.27. The number of hydrogen-bond acceptors (Lipinski definition) is 4. The molecular formula is C11H18N4O2. The Kier molecular flexibility index (Phi) is 3.33. The second kappa shape index (κ2) is 4.75. The minimum Gasteiger partial charge on any atom is -0.395 e. The average Bonchev–Trinajstić information content (AvgIpc) is 2.56. The van der Waals surface area contributed by atoms with E-state index in [1.807, 2.05) is 0 Å². The summed E-state index contributed by atoms with van der Waals surface area (Å²) in [4.78, 5) is 13.9. The summed E-state index contributed by atoms with van der Waals surface area (Å²) in [6, 6.07) is 0.228. The molecule has 1 heterocycles. The van der Waals surface area contributed by atoms with Gasteiger partial charge in [0.05, 0.1) is 18.0 Å². The predicted molar refractivity (Wildman–Crippen MR) is 63.5 cm³/mol. The molecule has 0 radical (unpaired) electrons. The van der Waals surface area contributed by atoms with Crippen molar-refractivity contribution in [2.45, 2.75) is 32.2 Å². The lowest BCUT2D eigenvalue weighted by molar-refractivity contribution is 0.0521. The van der Waals surface area contributed by atoms with E-state index >= 15 is 0 Å². The summed E-state index contributed by atoms with van der Waals surface area (Å²) in [6.07, 6.45) is 3.12. The summed E-state index contributed by atoms with van der Waals surface area (Å²) < 4.78 is 0. The minimum absolute atomic E-state index is 0.0362. The lowest BCUT2D eigenvalue weighted by atomic mass is 9.91. The molecule has 1 amide bonds. The van der Waals surface area contributed by atoms with Crippen molar-refractivity contribution in [3.8, 4) is 0 Å². The van der Waals surface area contributed by atoms with E-state index in [9.17, 15) is 4.79 Å². The Labute approximate surface area is 99.8 Å². The number of aromatic amines is 1. The summed E-state index contributed by atoms with van der Waals surface area (Å²) >= 11 is 0. The Hall–Kier alpha value is -1.56. The number of carbonyl (C=O) groups is 1. The summed E-state index contributed by atoms with van der Waals surface area (Å²) in [5.41, 5.74) is 7.16. The van der Waals surface area contributed by atoms with Crippen molar-refractivity contribution in [3.63, 3.8) is 0 Å². The molecule has 0 atom stereocenters. The SMILES string of the molecule is Cc1[nH]nc(C(=O)N(CCO)C2CCC2)c1N. The third kappa shape index (κ3) is 2.12. The normalized spacial score (nSPS) is 15.6. The average molecular weight is 238 g/mol. The molecule has 4 N–H and O–H groups in total. The van der Waals surface area contributed by atoms with E-state index in [4.69, 9.17) is 10.8 Å². The monoisotopic (exact) mass is 238 g/mol. The van der Waals surface area contributed by atoms with Gasteiger partial charge in [0.2, 0.25) is 0 Å². The topological polar surface area (TPSA) is 95.2 Å². The first-order valence-corrected chi connectivity index (χ1v) is 5.87. The molecule has 1 fully saturated rings. The van der Waals surface area contributed by atoms with Gasteiger partial charge in [-0.05, 0) is 26.2 Å². The molecular weight excluding hydrogens is 220 g/mol. The molecule has 17 heavy (non-hydrogen) atoms. The van der Waals surface area contributed by atoms with Gasteiger partial charge in [-0.3, -0.25) is 9.89 Å². The molecule has 0 saturated heterocycles. The third-order valence-corrected chi connectivity index (χ3v) is 3.31. The van der Waals surface area contributed by atoms with E-state index in [2.05, 4.69) is 10.2 Å². The molecule has 1 saturated carbocycles. The van der Waals surface area contributed by atoms with Crippen molar-refractivity contribution < 1.29 is 9.90 Å². The number of rotatable bonds is 4. The van der Waals surface area contributed by atoms with Gasteiger partial charge in [0.1, 0.15) is 0 Å². The van der Waals surface area contributed by atoms with Gasteiger partial charge < -0.3 is 15.7 Å². The fraction of sp³-hybridized carbons (Fsp3) is 0.636. The lowest BCUT2D eigenvalue weighted by Crippen LogP contribution is -2.46. The van der Waals surface area contributed by atoms with Crippen LogP contribution in [0.5, 0.6) is 0 Å². The van der Waals surface area contributed by atoms with Crippen LogP contribution in [0.1, 0.15) is 35.4 Å². The van der Waals surface area contributed by atoms with Crippen LogP contribution in [0.4, 0.5) is 5.69 Å². The van der Waals surface area contributed by atoms with Gasteiger partial charge in [0.25, 0.3) is 5.91 Å². The first-order chi connectivity index (χ1) is 8.15. The summed E-state index contributed by atoms with van der Waals surface area (Å²) in [6.45, 7) is 2.08. The van der Waals surface area contributed by atoms with Gasteiger partial charge in [-0.2, -0.15) is 5.10 Å². The van der Waals surface area contributed by atoms with E-state index in [0.717, 1.165) is 19.3 Å². The number of aliphatic hydroxyl groups is 1. The largest absolute Gasteiger partial charge is 0.395 e. The van der Waals surface area contributed by atoms with Gasteiger partial charge in [-0.25, -0.2) is 0 Å². The van der Waals surface area contributed by atoms with Gasteiger partial charge in [-0.1, -0.05) is 0 Å². The van der Waals surface area contributed by atoms with E-state index < -0.39 is 0 Å². The zero-order valence-corrected chi connectivity index (χ0v) is 9.94. The maximum atomic E-state index is 12.3. The van der Waals surface area contributed by atoms with E-state index in [1.54, 1.807) is 11.8 Å². The summed E-state index contributed by atoms with van der Waals surface area (Å²) in [5.74, 6) is -0.189. The number of hydrogen-bond donors (Lipinski definition) is 3. The van der Waals surface area contributed by atoms with Gasteiger partial charge in [0.15, 0.2) is 5.69 Å². The number of aryl methyl sites for hydroxylation is 1. The molecule has 1 aromatic heterocycles. The maximum absolute atomic E-state index is 12.3. The molecule has 0 aromatic carbocycles. The van der Waals surface area contributed by atoms with E-state index in [-0.39, 0.29) is 24.2 Å². The number of nitrogen functional groups attached to an aromatic ring is 1. The Bertz CT molecular complexity index is 412. The Morgan fingerprint density at radius 1 is 1.65 bits per heavy atom. The summed E-state index contributed by atoms with van der Waals surface area (Å²) in [5, 5.41) is 15.7. The molecule has 1 aliphatic carbocycles. The van der Waals surface area contributed by atoms with Crippen LogP contribution in [0.3, 0.4) is 0 Å². The number of aliphatic hydroxyl groups excluding tert-OH is 1. The fourth-order valence-electron chi connectivity index (χ4n) is 1.99. The van der Waals surface area contributed by atoms with Gasteiger partial charge >= 0.3 is 0 Å². The fourth-order valence-corrected chi connectivity index (χ4v) is 1.99. The number of aromatic nitrogens is 2. The molecule has 0 unspecified atom stereocenters. The highest BCUT2D eigenvalue weighted by molar-refractivity contribution is 5.97. The molecule has 94 valence electrons. The molecule has 2 rings (SSSR count). The van der Waals surface area contributed by atoms with Crippen LogP contribution >= 0.6 is 0 Å². The number of anilines is 1. The third-order valence-electron chi connectivity index (χ3n) is 3.31. The van der Waals surface area contributed by atoms with Crippen LogP contribution in [0.15, 0.2) is 0 Å². The molecule has 6 heteroatoms. The zero-order valence-electron chi connectivity index (χ0n) is 9.94. The van der Waals surface area contributed by atoms with Crippen molar-refractivity contribution in [3.05, 3.63) is 11.4 Å². The van der Waals surface area contributed by atoms with Crippen LogP contribution in [0.25, 0.3) is 0 Å². The molecule has 0 aliphatic heterocycles. The molecule has 6 nitrogen and oxygen atoms in total. The second-order valence-electron chi connectivity index (χ2n) is 4.42. The standard InChI is InChI=1S/C11H18N4O2/c1-7-9(12)10(14-13-7)11(17)15(5-6-16)8-3-2-4-8/h8,16H,2-6,12H2,1H3,(H,13,14). The number of nitrogens with one attached hydrogen (secondary N) is 1. The van der Waals surface area contributed by atoms with E-state index in [1.165, 1.54) is 0 Å². The highest BCUT2D eigenvalue weighted by atomic mass is 16.3. The minimum atomic E-state index is -0.189. The highest BCUT2D eigenvalue weighted by Gasteiger charge is 2.31. The van der Waals surface area contributed by atoms with Crippen molar-refractivity contribution in [2.75, 3.05) is 18.9 Å². The predicted octanol–water partition coefficient (Wildman–Crippen LogP) is 0.287. The van der Waals surface area contributed by atoms with Crippen molar-refractivity contribution in [2.24, 2.45) is 0 Å². The second-order valence-corrected chi connectivity index (χ2v) is 4.42. The van der Waals surface area contributed by atoms with Crippen LogP contribution in [0, 0.1) is 6.92 Å². The van der Waals surface area contributed by atoms with Crippen molar-refractivity contribution in [1.82, 2.24) is 15.1 Å². The molecule has 1 aliphatic rings. The van der Waals surface area contributed by atoms with Gasteiger partial charge in [0, 0.05) is 12.6 Å². The number of H-pyrrole nitrogens is 1. The van der Waals surface area contributed by atoms with Crippen LogP contribution in [0.2, 0.25) is 0 Å². The Morgan fingerprint density at radius 2 is 2.35 bits per heavy atom. The number of amides is 1.